The Kier molecular flexibility index (Phi) is 5.56. The fourth-order valence-electron chi connectivity index (χ4n) is 10.8. The first-order chi connectivity index (χ1) is 13.7. The van der Waals surface area contributed by atoms with Crippen molar-refractivity contribution in [2.75, 3.05) is 0 Å². The van der Waals surface area contributed by atoms with Crippen molar-refractivity contribution in [1.29, 1.82) is 0 Å². The molecule has 0 aromatic rings. The largest absolute Gasteiger partial charge is 0.0683 e. The summed E-state index contributed by atoms with van der Waals surface area (Å²) in [5, 5.41) is 0. The second-order valence-electron chi connectivity index (χ2n) is 13.5. The van der Waals surface area contributed by atoms with Crippen LogP contribution in [0.15, 0.2) is 0 Å². The summed E-state index contributed by atoms with van der Waals surface area (Å²) in [4.78, 5) is 0. The van der Waals surface area contributed by atoms with Gasteiger partial charge in [0.2, 0.25) is 0 Å². The van der Waals surface area contributed by atoms with Crippen molar-refractivity contribution in [3.8, 4) is 0 Å². The lowest BCUT2D eigenvalue weighted by Gasteiger charge is -2.58. The van der Waals surface area contributed by atoms with Gasteiger partial charge in [-0.05, 0) is 121 Å². The van der Waals surface area contributed by atoms with Gasteiger partial charge in [0.15, 0.2) is 0 Å². The van der Waals surface area contributed by atoms with Crippen LogP contribution in [0.2, 0.25) is 0 Å². The fourth-order valence-corrected chi connectivity index (χ4v) is 10.8. The highest BCUT2D eigenvalue weighted by Crippen LogP contribution is 2.88. The van der Waals surface area contributed by atoms with Crippen molar-refractivity contribution in [3.05, 3.63) is 0 Å². The van der Waals surface area contributed by atoms with Crippen molar-refractivity contribution in [3.63, 3.8) is 0 Å². The van der Waals surface area contributed by atoms with Gasteiger partial charge in [-0.3, -0.25) is 0 Å². The van der Waals surface area contributed by atoms with Crippen LogP contribution in [0.5, 0.6) is 0 Å². The molecule has 0 heteroatoms. The van der Waals surface area contributed by atoms with Crippen molar-refractivity contribution in [1.82, 2.24) is 0 Å². The Morgan fingerprint density at radius 1 is 0.759 bits per heavy atom. The maximum atomic E-state index is 2.76. The monoisotopic (exact) mass is 400 g/mol. The summed E-state index contributed by atoms with van der Waals surface area (Å²) in [6, 6.07) is 0. The maximum absolute atomic E-state index is 2.76. The van der Waals surface area contributed by atoms with Gasteiger partial charge in [-0.1, -0.05) is 61.8 Å². The summed E-state index contributed by atoms with van der Waals surface area (Å²) < 4.78 is 0. The van der Waals surface area contributed by atoms with Gasteiger partial charge in [-0.25, -0.2) is 0 Å². The van der Waals surface area contributed by atoms with E-state index < -0.39 is 0 Å². The average molecular weight is 401 g/mol. The first-order valence-electron chi connectivity index (χ1n) is 13.7. The minimum absolute atomic E-state index is 0.622. The Labute approximate surface area is 183 Å². The van der Waals surface area contributed by atoms with E-state index in [0.29, 0.717) is 10.8 Å². The second kappa shape index (κ2) is 7.27. The third-order valence-corrected chi connectivity index (χ3v) is 11.7. The van der Waals surface area contributed by atoms with Crippen molar-refractivity contribution in [2.24, 2.45) is 57.2 Å². The van der Waals surface area contributed by atoms with E-state index in [-0.39, 0.29) is 0 Å². The van der Waals surface area contributed by atoms with Crippen LogP contribution >= 0.6 is 0 Å². The molecule has 0 aliphatic heterocycles. The van der Waals surface area contributed by atoms with Crippen LogP contribution in [-0.2, 0) is 0 Å². The molecule has 5 fully saturated rings. The Balaban J connectivity index is 0.000000994. The maximum Gasteiger partial charge on any atom is -0.0199 e. The van der Waals surface area contributed by atoms with Crippen LogP contribution in [-0.4, -0.2) is 0 Å². The van der Waals surface area contributed by atoms with Crippen LogP contribution in [0.3, 0.4) is 0 Å². The molecule has 0 spiro atoms. The van der Waals surface area contributed by atoms with Crippen LogP contribution in [0.1, 0.15) is 126 Å². The molecule has 0 aromatic heterocycles. The highest BCUT2D eigenvalue weighted by atomic mass is 14.8. The molecule has 0 radical (unpaired) electrons. The summed E-state index contributed by atoms with van der Waals surface area (Å²) >= 11 is 0. The normalized spacial score (nSPS) is 50.4. The number of hydrogen-bond acceptors (Lipinski definition) is 0. The van der Waals surface area contributed by atoms with Crippen LogP contribution in [0, 0.1) is 57.2 Å². The molecule has 5 rings (SSSR count). The highest BCUT2D eigenvalue weighted by Gasteiger charge is 2.80. The number of hydrogen-bond donors (Lipinski definition) is 0. The predicted molar refractivity (Wildman–Crippen MR) is 127 cm³/mol. The summed E-state index contributed by atoms with van der Waals surface area (Å²) in [5.74, 6) is 6.02. The van der Waals surface area contributed by atoms with Gasteiger partial charge in [-0.2, -0.15) is 0 Å². The summed E-state index contributed by atoms with van der Waals surface area (Å²) in [6.07, 6.45) is 17.1. The van der Waals surface area contributed by atoms with Crippen LogP contribution in [0.25, 0.3) is 0 Å². The van der Waals surface area contributed by atoms with E-state index in [2.05, 4.69) is 41.5 Å². The summed E-state index contributed by atoms with van der Waals surface area (Å²) in [6.45, 7) is 19.5. The van der Waals surface area contributed by atoms with Crippen LogP contribution < -0.4 is 0 Å². The van der Waals surface area contributed by atoms with Crippen LogP contribution in [0.4, 0.5) is 0 Å². The molecule has 0 nitrogen and oxygen atoms in total. The molecule has 5 aliphatic rings. The molecule has 8 atom stereocenters. The molecule has 0 N–H and O–H groups in total. The van der Waals surface area contributed by atoms with Gasteiger partial charge in [0, 0.05) is 0 Å². The third-order valence-electron chi connectivity index (χ3n) is 11.7. The van der Waals surface area contributed by atoms with Gasteiger partial charge in [0.1, 0.15) is 0 Å². The standard InChI is InChI=1S/C27H46.C2H6/c1-18(2)16-19(3)20-9-10-23-25(20,6)14-15-26-17-27(23,26)13-11-21-22(26)8-7-12-24(21,4)5;1-2/h18-23H,7-17H2,1-6H3;1-2H3. The molecule has 29 heavy (non-hydrogen) atoms. The average Bonchev–Trinajstić information content (AvgIpc) is 3.23. The van der Waals surface area contributed by atoms with Crippen molar-refractivity contribution < 1.29 is 0 Å². The zero-order valence-electron chi connectivity index (χ0n) is 21.2. The quantitative estimate of drug-likeness (QED) is 0.443. The molecule has 0 bridgehead atoms. The Bertz CT molecular complexity index is 601. The molecule has 5 aliphatic carbocycles. The first-order valence-corrected chi connectivity index (χ1v) is 13.7. The van der Waals surface area contributed by atoms with Gasteiger partial charge < -0.3 is 0 Å². The van der Waals surface area contributed by atoms with Gasteiger partial charge in [-0.15, -0.1) is 0 Å². The lowest BCUT2D eigenvalue weighted by atomic mass is 9.46. The fraction of sp³-hybridized carbons (Fsp3) is 1.00. The lowest BCUT2D eigenvalue weighted by Crippen LogP contribution is -2.51. The van der Waals surface area contributed by atoms with Crippen molar-refractivity contribution in [2.45, 2.75) is 126 Å². The molecule has 8 unspecified atom stereocenters. The first kappa shape index (κ1) is 22.2. The number of rotatable bonds is 3. The second-order valence-corrected chi connectivity index (χ2v) is 13.5. The molecular weight excluding hydrogens is 348 g/mol. The van der Waals surface area contributed by atoms with E-state index in [0.717, 1.165) is 46.3 Å². The molecule has 0 heterocycles. The van der Waals surface area contributed by atoms with E-state index in [4.69, 9.17) is 0 Å². The van der Waals surface area contributed by atoms with Gasteiger partial charge in [0.25, 0.3) is 0 Å². The zero-order valence-corrected chi connectivity index (χ0v) is 21.2. The third kappa shape index (κ3) is 2.96. The SMILES string of the molecule is CC.CC(C)CC(C)C1CCC2C1(C)CCC13CC21CCC1C3CCCC1(C)C. The van der Waals surface area contributed by atoms with E-state index in [1.54, 1.807) is 51.4 Å². The Morgan fingerprint density at radius 2 is 1.48 bits per heavy atom. The van der Waals surface area contributed by atoms with Crippen molar-refractivity contribution >= 4 is 0 Å². The van der Waals surface area contributed by atoms with Gasteiger partial charge >= 0.3 is 0 Å². The van der Waals surface area contributed by atoms with E-state index >= 15 is 0 Å². The number of fused-ring (bicyclic) bond motifs is 2. The summed E-state index contributed by atoms with van der Waals surface area (Å²) in [5.41, 5.74) is 2.89. The molecule has 0 aromatic carbocycles. The zero-order chi connectivity index (χ0) is 21.2. The summed E-state index contributed by atoms with van der Waals surface area (Å²) in [7, 11) is 0. The minimum atomic E-state index is 0.622. The Hall–Kier alpha value is 0. The van der Waals surface area contributed by atoms with E-state index in [1.165, 1.54) is 19.3 Å². The highest BCUT2D eigenvalue weighted by molar-refractivity contribution is 5.29. The smallest absolute Gasteiger partial charge is 0.0199 e. The minimum Gasteiger partial charge on any atom is -0.0683 e. The molecule has 0 amide bonds. The van der Waals surface area contributed by atoms with E-state index in [9.17, 15) is 0 Å². The van der Waals surface area contributed by atoms with E-state index in [1.807, 2.05) is 13.8 Å². The molecule has 168 valence electrons. The van der Waals surface area contributed by atoms with Gasteiger partial charge in [0.05, 0.1) is 0 Å². The lowest BCUT2D eigenvalue weighted by molar-refractivity contribution is -0.0967. The predicted octanol–water partition coefficient (Wildman–Crippen LogP) is 9.13. The molecule has 0 saturated heterocycles. The topological polar surface area (TPSA) is 0 Å². The molecule has 5 saturated carbocycles. The molecular formula is C29H52. The Morgan fingerprint density at radius 3 is 2.17 bits per heavy atom.